The van der Waals surface area contributed by atoms with Crippen LogP contribution in [-0.2, 0) is 0 Å². The molecule has 0 aromatic heterocycles. The molecule has 4 nitrogen and oxygen atoms in total. The Morgan fingerprint density at radius 1 is 1.05 bits per heavy atom. The average Bonchev–Trinajstić information content (AvgIpc) is 2.86. The largest absolute Gasteiger partial charge is 0.460 e. The van der Waals surface area contributed by atoms with E-state index in [9.17, 15) is 4.79 Å². The smallest absolute Gasteiger partial charge is 0.284 e. The first-order valence-corrected chi connectivity index (χ1v) is 7.13. The molecule has 2 aromatic carbocycles. The van der Waals surface area contributed by atoms with Gasteiger partial charge < -0.3 is 4.42 Å². The molecule has 0 radical (unpaired) electrons. The zero-order chi connectivity index (χ0) is 15.3. The molecule has 0 amide bonds. The molecule has 0 atom stereocenters. The summed E-state index contributed by atoms with van der Waals surface area (Å²) in [7, 11) is 0. The van der Waals surface area contributed by atoms with Crippen LogP contribution in [0.15, 0.2) is 57.7 Å². The molecule has 0 saturated carbocycles. The highest BCUT2D eigenvalue weighted by molar-refractivity contribution is 5.92. The zero-order valence-electron chi connectivity index (χ0n) is 12.3. The molecular weight excluding hydrogens is 276 g/mol. The van der Waals surface area contributed by atoms with E-state index < -0.39 is 0 Å². The fourth-order valence-electron chi connectivity index (χ4n) is 2.81. The molecular formula is C18H14N2O2. The lowest BCUT2D eigenvalue weighted by atomic mass is 10.1. The van der Waals surface area contributed by atoms with E-state index in [1.807, 2.05) is 55.5 Å². The summed E-state index contributed by atoms with van der Waals surface area (Å²) in [5.74, 6) is 0.595. The third-order valence-corrected chi connectivity index (χ3v) is 3.85. The SMILES string of the molecule is Cc1cccc(-n2nc3c4ccccc4oc(C)c-3c2=O)c1. The molecule has 4 rings (SSSR count). The second-order valence-corrected chi connectivity index (χ2v) is 5.43. The fourth-order valence-corrected chi connectivity index (χ4v) is 2.81. The molecule has 2 heterocycles. The Morgan fingerprint density at radius 3 is 2.68 bits per heavy atom. The molecule has 0 saturated heterocycles. The Labute approximate surface area is 127 Å². The van der Waals surface area contributed by atoms with Gasteiger partial charge in [0.05, 0.1) is 5.69 Å². The lowest BCUT2D eigenvalue weighted by molar-refractivity contribution is 0.567. The predicted octanol–water partition coefficient (Wildman–Crippen LogP) is 3.70. The Hall–Kier alpha value is -2.88. The highest BCUT2D eigenvalue weighted by Crippen LogP contribution is 2.30. The molecule has 2 aromatic rings. The van der Waals surface area contributed by atoms with E-state index in [-0.39, 0.29) is 5.56 Å². The van der Waals surface area contributed by atoms with E-state index in [1.165, 1.54) is 4.68 Å². The van der Waals surface area contributed by atoms with Crippen molar-refractivity contribution in [2.75, 3.05) is 0 Å². The van der Waals surface area contributed by atoms with Gasteiger partial charge in [-0.1, -0.05) is 24.3 Å². The summed E-state index contributed by atoms with van der Waals surface area (Å²) in [5, 5.41) is 5.41. The van der Waals surface area contributed by atoms with Gasteiger partial charge in [-0.3, -0.25) is 4.79 Å². The van der Waals surface area contributed by atoms with Crippen LogP contribution in [0.2, 0.25) is 0 Å². The van der Waals surface area contributed by atoms with Gasteiger partial charge in [0.2, 0.25) is 0 Å². The van der Waals surface area contributed by atoms with Crippen LogP contribution >= 0.6 is 0 Å². The predicted molar refractivity (Wildman–Crippen MR) is 85.7 cm³/mol. The van der Waals surface area contributed by atoms with E-state index >= 15 is 0 Å². The number of fused-ring (bicyclic) bond motifs is 3. The second-order valence-electron chi connectivity index (χ2n) is 5.43. The van der Waals surface area contributed by atoms with Gasteiger partial charge in [-0.2, -0.15) is 9.78 Å². The zero-order valence-corrected chi connectivity index (χ0v) is 12.3. The van der Waals surface area contributed by atoms with Crippen molar-refractivity contribution in [2.45, 2.75) is 13.8 Å². The van der Waals surface area contributed by atoms with Crippen LogP contribution < -0.4 is 5.56 Å². The summed E-state index contributed by atoms with van der Waals surface area (Å²) in [4.78, 5) is 12.7. The Kier molecular flexibility index (Phi) is 2.66. The Morgan fingerprint density at radius 2 is 1.86 bits per heavy atom. The fraction of sp³-hybridized carbons (Fsp3) is 0.111. The molecule has 0 bridgehead atoms. The highest BCUT2D eigenvalue weighted by Gasteiger charge is 2.23. The molecule has 0 N–H and O–H groups in total. The van der Waals surface area contributed by atoms with Crippen LogP contribution in [0, 0.1) is 13.8 Å². The van der Waals surface area contributed by atoms with Gasteiger partial charge >= 0.3 is 0 Å². The number of benzene rings is 2. The van der Waals surface area contributed by atoms with Crippen LogP contribution in [0.3, 0.4) is 0 Å². The summed E-state index contributed by atoms with van der Waals surface area (Å²) in [6.07, 6.45) is 0. The summed E-state index contributed by atoms with van der Waals surface area (Å²) in [6.45, 7) is 3.80. The highest BCUT2D eigenvalue weighted by atomic mass is 16.3. The first-order chi connectivity index (χ1) is 10.6. The van der Waals surface area contributed by atoms with Gasteiger partial charge in [0.25, 0.3) is 5.56 Å². The molecule has 22 heavy (non-hydrogen) atoms. The van der Waals surface area contributed by atoms with Crippen LogP contribution in [0.1, 0.15) is 11.3 Å². The third-order valence-electron chi connectivity index (χ3n) is 3.85. The van der Waals surface area contributed by atoms with Gasteiger partial charge in [-0.05, 0) is 43.7 Å². The number of rotatable bonds is 1. The van der Waals surface area contributed by atoms with Crippen molar-refractivity contribution in [1.29, 1.82) is 0 Å². The maximum atomic E-state index is 12.7. The van der Waals surface area contributed by atoms with Crippen molar-refractivity contribution < 1.29 is 4.42 Å². The van der Waals surface area contributed by atoms with Gasteiger partial charge in [0.15, 0.2) is 0 Å². The van der Waals surface area contributed by atoms with Crippen LogP contribution in [0.5, 0.6) is 0 Å². The van der Waals surface area contributed by atoms with Crippen molar-refractivity contribution in [3.63, 3.8) is 0 Å². The minimum Gasteiger partial charge on any atom is -0.460 e. The number of para-hydroxylation sites is 1. The number of nitrogens with zero attached hydrogens (tertiary/aromatic N) is 2. The molecule has 4 heteroatoms. The minimum atomic E-state index is -0.146. The monoisotopic (exact) mass is 290 g/mol. The Bertz CT molecular complexity index is 1030. The maximum absolute atomic E-state index is 12.7. The summed E-state index contributed by atoms with van der Waals surface area (Å²) < 4.78 is 7.23. The first kappa shape index (κ1) is 12.8. The van der Waals surface area contributed by atoms with Crippen LogP contribution in [0.4, 0.5) is 0 Å². The molecule has 0 unspecified atom stereocenters. The number of aryl methyl sites for hydroxylation is 2. The average molecular weight is 290 g/mol. The molecule has 108 valence electrons. The van der Waals surface area contributed by atoms with Gasteiger partial charge in [0, 0.05) is 5.39 Å². The van der Waals surface area contributed by atoms with Crippen molar-refractivity contribution in [2.24, 2.45) is 0 Å². The van der Waals surface area contributed by atoms with Gasteiger partial charge in [-0.25, -0.2) is 0 Å². The van der Waals surface area contributed by atoms with Crippen molar-refractivity contribution in [1.82, 2.24) is 9.78 Å². The first-order valence-electron chi connectivity index (χ1n) is 7.13. The molecule has 2 aliphatic heterocycles. The number of hydrogen-bond donors (Lipinski definition) is 0. The van der Waals surface area contributed by atoms with Crippen LogP contribution in [-0.4, -0.2) is 9.78 Å². The summed E-state index contributed by atoms with van der Waals surface area (Å²) in [6, 6.07) is 15.4. The Balaban J connectivity index is 2.12. The third kappa shape index (κ3) is 1.77. The minimum absolute atomic E-state index is 0.146. The van der Waals surface area contributed by atoms with Gasteiger partial charge in [-0.15, -0.1) is 0 Å². The van der Waals surface area contributed by atoms with Crippen molar-refractivity contribution >= 4 is 11.0 Å². The molecule has 0 spiro atoms. The van der Waals surface area contributed by atoms with E-state index in [0.717, 1.165) is 22.2 Å². The van der Waals surface area contributed by atoms with E-state index in [0.29, 0.717) is 17.0 Å². The normalized spacial score (nSPS) is 11.4. The van der Waals surface area contributed by atoms with E-state index in [2.05, 4.69) is 5.10 Å². The maximum Gasteiger partial charge on any atom is 0.284 e. The second kappa shape index (κ2) is 4.56. The van der Waals surface area contributed by atoms with E-state index in [1.54, 1.807) is 6.92 Å². The van der Waals surface area contributed by atoms with E-state index in [4.69, 9.17) is 4.42 Å². The quantitative estimate of drug-likeness (QED) is 0.537. The molecule has 0 fully saturated rings. The lowest BCUT2D eigenvalue weighted by Crippen LogP contribution is -2.15. The van der Waals surface area contributed by atoms with Crippen molar-refractivity contribution in [3.05, 3.63) is 70.2 Å². The molecule has 0 aliphatic carbocycles. The number of hydrogen-bond acceptors (Lipinski definition) is 3. The summed E-state index contributed by atoms with van der Waals surface area (Å²) in [5.41, 5.74) is 3.67. The van der Waals surface area contributed by atoms with Crippen LogP contribution in [0.25, 0.3) is 27.9 Å². The molecule has 2 aliphatic rings. The standard InChI is InChI=1S/C18H14N2O2/c1-11-6-5-7-13(10-11)20-18(21)16-12(2)22-15-9-4-3-8-14(15)17(16)19-20/h3-10H,1-2H3. The lowest BCUT2D eigenvalue weighted by Gasteiger charge is -2.04. The topological polar surface area (TPSA) is 48.0 Å². The van der Waals surface area contributed by atoms with Gasteiger partial charge in [0.1, 0.15) is 22.6 Å². The van der Waals surface area contributed by atoms with Crippen molar-refractivity contribution in [3.8, 4) is 16.9 Å². The number of aromatic nitrogens is 2. The summed E-state index contributed by atoms with van der Waals surface area (Å²) >= 11 is 0.